The molecule has 0 radical (unpaired) electrons. The Balaban J connectivity index is 3.88. The lowest BCUT2D eigenvalue weighted by molar-refractivity contribution is 0.294. The fourth-order valence-electron chi connectivity index (χ4n) is 1.94. The van der Waals surface area contributed by atoms with Gasteiger partial charge in [0.25, 0.3) is 0 Å². The maximum Gasteiger partial charge on any atom is 0.191 e. The van der Waals surface area contributed by atoms with Gasteiger partial charge in [-0.05, 0) is 43.7 Å². The third-order valence-corrected chi connectivity index (χ3v) is 11.2. The summed E-state index contributed by atoms with van der Waals surface area (Å²) in [7, 11) is -0.875. The number of rotatable bonds is 9. The minimum Gasteiger partial charge on any atom is -0.420 e. The monoisotopic (exact) mass is 262 g/mol. The van der Waals surface area contributed by atoms with Crippen LogP contribution in [0.1, 0.15) is 27.2 Å². The third kappa shape index (κ3) is 5.61. The molecule has 0 fully saturated rings. The van der Waals surface area contributed by atoms with Gasteiger partial charge in [0, 0.05) is 13.7 Å². The number of hydrogen-bond acceptors (Lipinski definition) is 2. The highest BCUT2D eigenvalue weighted by molar-refractivity contribution is 6.73. The topological polar surface area (TPSA) is 18.5 Å². The van der Waals surface area contributed by atoms with Crippen molar-refractivity contribution in [3.63, 3.8) is 0 Å². The van der Waals surface area contributed by atoms with E-state index >= 15 is 0 Å². The van der Waals surface area contributed by atoms with Gasteiger partial charge in [0.2, 0.25) is 0 Å². The lowest BCUT2D eigenvalue weighted by Crippen LogP contribution is -2.36. The molecule has 0 saturated heterocycles. The molecule has 2 nitrogen and oxygen atoms in total. The summed E-state index contributed by atoms with van der Waals surface area (Å²) in [5.74, 6) is 0. The molecule has 0 saturated carbocycles. The molecule has 0 aromatic carbocycles. The first-order valence-electron chi connectivity index (χ1n) is 6.64. The Bertz CT molecular complexity index is 172. The SMILES string of the molecule is CC[Si](CC)(CC)OCCC[Si](C)(C)OC. The second kappa shape index (κ2) is 7.64. The summed E-state index contributed by atoms with van der Waals surface area (Å²) in [6.45, 7) is 12.4. The molecule has 0 spiro atoms. The molecule has 0 aliphatic carbocycles. The lowest BCUT2D eigenvalue weighted by atomic mass is 10.5. The molecule has 0 N–H and O–H groups in total. The normalized spacial score (nSPS) is 13.1. The summed E-state index contributed by atoms with van der Waals surface area (Å²) in [5, 5.41) is 0. The van der Waals surface area contributed by atoms with Gasteiger partial charge in [-0.15, -0.1) is 0 Å². The van der Waals surface area contributed by atoms with E-state index < -0.39 is 16.6 Å². The second-order valence-electron chi connectivity index (χ2n) is 5.16. The van der Waals surface area contributed by atoms with Crippen LogP contribution >= 0.6 is 0 Å². The number of hydrogen-bond donors (Lipinski definition) is 0. The van der Waals surface area contributed by atoms with Crippen molar-refractivity contribution in [1.82, 2.24) is 0 Å². The molecular formula is C12H30O2Si2. The highest BCUT2D eigenvalue weighted by Gasteiger charge is 2.28. The van der Waals surface area contributed by atoms with Gasteiger partial charge in [0.15, 0.2) is 16.6 Å². The third-order valence-electron chi connectivity index (χ3n) is 3.82. The van der Waals surface area contributed by atoms with Crippen molar-refractivity contribution < 1.29 is 8.85 Å². The molecule has 0 amide bonds. The van der Waals surface area contributed by atoms with E-state index in [0.717, 1.165) is 6.61 Å². The van der Waals surface area contributed by atoms with Gasteiger partial charge in [-0.25, -0.2) is 0 Å². The van der Waals surface area contributed by atoms with Crippen LogP contribution in [0.4, 0.5) is 0 Å². The van der Waals surface area contributed by atoms with Crippen molar-refractivity contribution in [3.8, 4) is 0 Å². The van der Waals surface area contributed by atoms with Crippen LogP contribution in [0.3, 0.4) is 0 Å². The molecule has 0 bridgehead atoms. The first-order chi connectivity index (χ1) is 7.45. The van der Waals surface area contributed by atoms with Gasteiger partial charge >= 0.3 is 0 Å². The largest absolute Gasteiger partial charge is 0.420 e. The van der Waals surface area contributed by atoms with Crippen molar-refractivity contribution in [2.75, 3.05) is 13.7 Å². The molecule has 0 heterocycles. The van der Waals surface area contributed by atoms with Gasteiger partial charge in [-0.3, -0.25) is 0 Å². The molecular weight excluding hydrogens is 232 g/mol. The Kier molecular flexibility index (Phi) is 7.80. The molecule has 0 aliphatic rings. The van der Waals surface area contributed by atoms with Crippen molar-refractivity contribution in [2.24, 2.45) is 0 Å². The molecule has 98 valence electrons. The summed E-state index contributed by atoms with van der Waals surface area (Å²) in [4.78, 5) is 0. The van der Waals surface area contributed by atoms with Crippen LogP contribution in [0.25, 0.3) is 0 Å². The van der Waals surface area contributed by atoms with E-state index in [-0.39, 0.29) is 0 Å². The summed E-state index contributed by atoms with van der Waals surface area (Å²) < 4.78 is 11.8. The van der Waals surface area contributed by atoms with E-state index in [4.69, 9.17) is 8.85 Å². The van der Waals surface area contributed by atoms with E-state index in [1.165, 1.54) is 30.6 Å². The van der Waals surface area contributed by atoms with Crippen LogP contribution in [0.2, 0.25) is 37.3 Å². The van der Waals surface area contributed by atoms with Gasteiger partial charge in [-0.2, -0.15) is 0 Å². The average Bonchev–Trinajstić information content (AvgIpc) is 2.30. The molecule has 0 atom stereocenters. The fraction of sp³-hybridized carbons (Fsp3) is 1.00. The van der Waals surface area contributed by atoms with Crippen LogP contribution in [-0.4, -0.2) is 30.4 Å². The molecule has 0 aromatic rings. The van der Waals surface area contributed by atoms with Crippen LogP contribution in [-0.2, 0) is 8.85 Å². The predicted molar refractivity (Wildman–Crippen MR) is 77.1 cm³/mol. The van der Waals surface area contributed by atoms with E-state index in [0.29, 0.717) is 0 Å². The Morgan fingerprint density at radius 1 is 0.938 bits per heavy atom. The van der Waals surface area contributed by atoms with E-state index in [2.05, 4.69) is 33.9 Å². The molecule has 0 unspecified atom stereocenters. The van der Waals surface area contributed by atoms with Crippen LogP contribution in [0, 0.1) is 0 Å². The van der Waals surface area contributed by atoms with Crippen LogP contribution in [0.15, 0.2) is 0 Å². The molecule has 16 heavy (non-hydrogen) atoms. The van der Waals surface area contributed by atoms with Crippen molar-refractivity contribution in [1.29, 1.82) is 0 Å². The Morgan fingerprint density at radius 3 is 1.81 bits per heavy atom. The highest BCUT2D eigenvalue weighted by atomic mass is 28.4. The zero-order valence-corrected chi connectivity index (χ0v) is 14.1. The fourth-order valence-corrected chi connectivity index (χ4v) is 5.83. The van der Waals surface area contributed by atoms with Gasteiger partial charge in [0.05, 0.1) is 0 Å². The highest BCUT2D eigenvalue weighted by Crippen LogP contribution is 2.22. The zero-order valence-electron chi connectivity index (χ0n) is 12.1. The van der Waals surface area contributed by atoms with Crippen molar-refractivity contribution in [2.45, 2.75) is 64.5 Å². The van der Waals surface area contributed by atoms with Gasteiger partial charge < -0.3 is 8.85 Å². The Hall–Kier alpha value is 0.354. The maximum atomic E-state index is 6.22. The van der Waals surface area contributed by atoms with Crippen LogP contribution < -0.4 is 0 Å². The maximum absolute atomic E-state index is 6.22. The van der Waals surface area contributed by atoms with Crippen LogP contribution in [0.5, 0.6) is 0 Å². The molecule has 0 aromatic heterocycles. The minimum absolute atomic E-state index is 0.946. The van der Waals surface area contributed by atoms with E-state index in [1.54, 1.807) is 0 Å². The summed E-state index contributed by atoms with van der Waals surface area (Å²) in [5.41, 5.74) is 0. The molecule has 4 heteroatoms. The van der Waals surface area contributed by atoms with Crippen molar-refractivity contribution >= 4 is 16.6 Å². The second-order valence-corrected chi connectivity index (χ2v) is 14.4. The quantitative estimate of drug-likeness (QED) is 0.457. The Morgan fingerprint density at radius 2 is 1.44 bits per heavy atom. The van der Waals surface area contributed by atoms with Crippen molar-refractivity contribution in [3.05, 3.63) is 0 Å². The average molecular weight is 263 g/mol. The van der Waals surface area contributed by atoms with E-state index in [1.807, 2.05) is 7.11 Å². The summed E-state index contributed by atoms with van der Waals surface area (Å²) in [6, 6.07) is 4.98. The predicted octanol–water partition coefficient (Wildman–Crippen LogP) is 4.25. The Labute approximate surface area is 104 Å². The smallest absolute Gasteiger partial charge is 0.191 e. The molecule has 0 rings (SSSR count). The summed E-state index contributed by atoms with van der Waals surface area (Å²) >= 11 is 0. The standard InChI is InChI=1S/C12H30O2Si2/c1-7-16(8-2,9-3)14-11-10-12-15(5,6)13-4/h7-12H2,1-6H3. The summed E-state index contributed by atoms with van der Waals surface area (Å²) in [6.07, 6.45) is 1.17. The minimum atomic E-state index is -1.37. The first-order valence-corrected chi connectivity index (χ1v) is 12.3. The van der Waals surface area contributed by atoms with E-state index in [9.17, 15) is 0 Å². The lowest BCUT2D eigenvalue weighted by Gasteiger charge is -2.28. The van der Waals surface area contributed by atoms with Gasteiger partial charge in [0.1, 0.15) is 0 Å². The molecule has 0 aliphatic heterocycles. The zero-order chi connectivity index (χ0) is 12.7. The van der Waals surface area contributed by atoms with Gasteiger partial charge in [-0.1, -0.05) is 20.8 Å². The first kappa shape index (κ1) is 16.4.